The summed E-state index contributed by atoms with van der Waals surface area (Å²) >= 11 is 0. The van der Waals surface area contributed by atoms with Gasteiger partial charge in [-0.05, 0) is 31.5 Å². The van der Waals surface area contributed by atoms with Crippen molar-refractivity contribution in [3.8, 4) is 0 Å². The van der Waals surface area contributed by atoms with E-state index in [1.807, 2.05) is 13.0 Å². The third-order valence-electron chi connectivity index (χ3n) is 2.84. The summed E-state index contributed by atoms with van der Waals surface area (Å²) in [5, 5.41) is 3.47. The van der Waals surface area contributed by atoms with Gasteiger partial charge >= 0.3 is 0 Å². The lowest BCUT2D eigenvalue weighted by atomic mass is 10.0. The van der Waals surface area contributed by atoms with Crippen LogP contribution in [0.5, 0.6) is 0 Å². The largest absolute Gasteiger partial charge is 0.311 e. The Morgan fingerprint density at radius 3 is 2.60 bits per heavy atom. The number of hydrogen-bond donors (Lipinski definition) is 1. The summed E-state index contributed by atoms with van der Waals surface area (Å²) in [7, 11) is 0. The molecule has 0 fully saturated rings. The molecule has 1 rings (SSSR count). The summed E-state index contributed by atoms with van der Waals surface area (Å²) in [4.78, 5) is 4.46. The maximum atomic E-state index is 4.46. The molecular weight excluding hydrogens is 184 g/mol. The van der Waals surface area contributed by atoms with Crippen LogP contribution < -0.4 is 5.32 Å². The van der Waals surface area contributed by atoms with E-state index in [4.69, 9.17) is 0 Å². The normalized spacial score (nSPS) is 10.9. The smallest absolute Gasteiger partial charge is 0.0544 e. The van der Waals surface area contributed by atoms with Crippen molar-refractivity contribution in [2.75, 3.05) is 6.54 Å². The van der Waals surface area contributed by atoms with Crippen LogP contribution >= 0.6 is 0 Å². The van der Waals surface area contributed by atoms with E-state index < -0.39 is 0 Å². The summed E-state index contributed by atoms with van der Waals surface area (Å²) in [6, 6.07) is 6.17. The van der Waals surface area contributed by atoms with Crippen LogP contribution in [0.1, 0.15) is 38.1 Å². The molecule has 1 N–H and O–H groups in total. The molecule has 0 aliphatic heterocycles. The van der Waals surface area contributed by atoms with E-state index in [0.717, 1.165) is 30.4 Å². The van der Waals surface area contributed by atoms with E-state index in [9.17, 15) is 0 Å². The first-order valence-corrected chi connectivity index (χ1v) is 5.89. The molecule has 1 heterocycles. The summed E-state index contributed by atoms with van der Waals surface area (Å²) in [5.41, 5.74) is 2.23. The van der Waals surface area contributed by atoms with Crippen LogP contribution in [-0.2, 0) is 6.54 Å². The molecule has 2 heteroatoms. The third kappa shape index (κ3) is 4.43. The number of aryl methyl sites for hydroxylation is 1. The van der Waals surface area contributed by atoms with Gasteiger partial charge in [0, 0.05) is 12.2 Å². The maximum Gasteiger partial charge on any atom is 0.0544 e. The zero-order valence-corrected chi connectivity index (χ0v) is 10.1. The van der Waals surface area contributed by atoms with Crippen molar-refractivity contribution in [1.82, 2.24) is 10.3 Å². The number of nitrogens with zero attached hydrogens (tertiary/aromatic N) is 1. The van der Waals surface area contributed by atoms with Gasteiger partial charge in [0.2, 0.25) is 0 Å². The number of aromatic nitrogens is 1. The van der Waals surface area contributed by atoms with Gasteiger partial charge < -0.3 is 5.32 Å². The van der Waals surface area contributed by atoms with Gasteiger partial charge in [0.1, 0.15) is 0 Å². The highest BCUT2D eigenvalue weighted by Crippen LogP contribution is 2.05. The molecule has 84 valence electrons. The predicted octanol–water partition coefficient (Wildman–Crippen LogP) is 2.92. The van der Waals surface area contributed by atoms with Crippen molar-refractivity contribution in [3.05, 3.63) is 29.6 Å². The molecule has 0 spiro atoms. The monoisotopic (exact) mass is 206 g/mol. The number of hydrogen-bond acceptors (Lipinski definition) is 2. The minimum Gasteiger partial charge on any atom is -0.311 e. The third-order valence-corrected chi connectivity index (χ3v) is 2.84. The topological polar surface area (TPSA) is 24.9 Å². The maximum absolute atomic E-state index is 4.46. The van der Waals surface area contributed by atoms with Gasteiger partial charge in [-0.2, -0.15) is 0 Å². The Hall–Kier alpha value is -0.890. The molecule has 0 unspecified atom stereocenters. The second-order valence-corrected chi connectivity index (χ2v) is 4.08. The molecule has 0 aliphatic carbocycles. The highest BCUT2D eigenvalue weighted by molar-refractivity contribution is 5.09. The fourth-order valence-electron chi connectivity index (χ4n) is 1.68. The SMILES string of the molecule is CCC(CC)CNCc1cccc(C)n1. The van der Waals surface area contributed by atoms with E-state index in [-0.39, 0.29) is 0 Å². The van der Waals surface area contributed by atoms with Gasteiger partial charge in [-0.25, -0.2) is 0 Å². The van der Waals surface area contributed by atoms with Crippen LogP contribution in [0.15, 0.2) is 18.2 Å². The van der Waals surface area contributed by atoms with Crippen molar-refractivity contribution in [3.63, 3.8) is 0 Å². The summed E-state index contributed by atoms with van der Waals surface area (Å²) in [6.07, 6.45) is 2.51. The Balaban J connectivity index is 2.31. The van der Waals surface area contributed by atoms with Crippen LogP contribution in [-0.4, -0.2) is 11.5 Å². The lowest BCUT2D eigenvalue weighted by Crippen LogP contribution is -2.22. The molecule has 0 radical (unpaired) electrons. The van der Waals surface area contributed by atoms with Gasteiger partial charge in [0.15, 0.2) is 0 Å². The lowest BCUT2D eigenvalue weighted by molar-refractivity contribution is 0.448. The fourth-order valence-corrected chi connectivity index (χ4v) is 1.68. The van der Waals surface area contributed by atoms with Crippen molar-refractivity contribution in [2.45, 2.75) is 40.2 Å². The van der Waals surface area contributed by atoms with Crippen LogP contribution in [0.3, 0.4) is 0 Å². The van der Waals surface area contributed by atoms with Gasteiger partial charge in [-0.1, -0.05) is 32.8 Å². The Bertz CT molecular complexity index is 280. The molecule has 15 heavy (non-hydrogen) atoms. The highest BCUT2D eigenvalue weighted by atomic mass is 14.9. The highest BCUT2D eigenvalue weighted by Gasteiger charge is 2.02. The average Bonchev–Trinajstić information content (AvgIpc) is 2.25. The summed E-state index contributed by atoms with van der Waals surface area (Å²) in [5.74, 6) is 0.801. The number of pyridine rings is 1. The van der Waals surface area contributed by atoms with Gasteiger partial charge in [0.25, 0.3) is 0 Å². The van der Waals surface area contributed by atoms with E-state index >= 15 is 0 Å². The molecule has 0 aliphatic rings. The Morgan fingerprint density at radius 1 is 1.27 bits per heavy atom. The number of rotatable bonds is 6. The van der Waals surface area contributed by atoms with E-state index in [0.29, 0.717) is 0 Å². The molecule has 0 amide bonds. The summed E-state index contributed by atoms with van der Waals surface area (Å²) < 4.78 is 0. The van der Waals surface area contributed by atoms with Crippen LogP contribution in [0, 0.1) is 12.8 Å². The predicted molar refractivity (Wildman–Crippen MR) is 64.8 cm³/mol. The standard InChI is InChI=1S/C13H22N2/c1-4-12(5-2)9-14-10-13-8-6-7-11(3)15-13/h6-8,12,14H,4-5,9-10H2,1-3H3. The van der Waals surface area contributed by atoms with Crippen LogP contribution in [0.4, 0.5) is 0 Å². The van der Waals surface area contributed by atoms with Gasteiger partial charge in [0.05, 0.1) is 5.69 Å². The molecule has 2 nitrogen and oxygen atoms in total. The Morgan fingerprint density at radius 2 is 2.00 bits per heavy atom. The minimum atomic E-state index is 0.801. The zero-order chi connectivity index (χ0) is 11.1. The first kappa shape index (κ1) is 12.2. The molecule has 0 bridgehead atoms. The second-order valence-electron chi connectivity index (χ2n) is 4.08. The first-order chi connectivity index (χ1) is 7.26. The fraction of sp³-hybridized carbons (Fsp3) is 0.615. The van der Waals surface area contributed by atoms with E-state index in [2.05, 4.69) is 36.3 Å². The van der Waals surface area contributed by atoms with Gasteiger partial charge in [-0.15, -0.1) is 0 Å². The molecule has 0 atom stereocenters. The Kier molecular flexibility index (Phi) is 5.33. The second kappa shape index (κ2) is 6.57. The average molecular weight is 206 g/mol. The van der Waals surface area contributed by atoms with Crippen molar-refractivity contribution < 1.29 is 0 Å². The molecule has 1 aromatic rings. The quantitative estimate of drug-likeness (QED) is 0.774. The molecule has 1 aromatic heterocycles. The lowest BCUT2D eigenvalue weighted by Gasteiger charge is -2.12. The number of nitrogens with one attached hydrogen (secondary N) is 1. The zero-order valence-electron chi connectivity index (χ0n) is 10.1. The minimum absolute atomic E-state index is 0.801. The molecule has 0 aromatic carbocycles. The summed E-state index contributed by atoms with van der Waals surface area (Å²) in [6.45, 7) is 8.52. The van der Waals surface area contributed by atoms with E-state index in [1.54, 1.807) is 0 Å². The molecule has 0 saturated heterocycles. The van der Waals surface area contributed by atoms with Gasteiger partial charge in [-0.3, -0.25) is 4.98 Å². The first-order valence-electron chi connectivity index (χ1n) is 5.89. The van der Waals surface area contributed by atoms with Crippen LogP contribution in [0.25, 0.3) is 0 Å². The van der Waals surface area contributed by atoms with Crippen LogP contribution in [0.2, 0.25) is 0 Å². The van der Waals surface area contributed by atoms with Crippen molar-refractivity contribution >= 4 is 0 Å². The molecular formula is C13H22N2. The van der Waals surface area contributed by atoms with Crippen molar-refractivity contribution in [1.29, 1.82) is 0 Å². The van der Waals surface area contributed by atoms with Crippen molar-refractivity contribution in [2.24, 2.45) is 5.92 Å². The molecule has 0 saturated carbocycles. The Labute approximate surface area is 93.1 Å². The van der Waals surface area contributed by atoms with E-state index in [1.165, 1.54) is 12.8 Å².